The van der Waals surface area contributed by atoms with E-state index in [1.807, 2.05) is 0 Å². The molecule has 4 N–H and O–H groups in total. The monoisotopic (exact) mass is 1030 g/mol. The van der Waals surface area contributed by atoms with Gasteiger partial charge in [0, 0.05) is 13.0 Å². The summed E-state index contributed by atoms with van der Waals surface area (Å²) < 4.78 is 22.9. The van der Waals surface area contributed by atoms with Crippen molar-refractivity contribution in [1.29, 1.82) is 0 Å². The molecular weight excluding hydrogens is 925 g/mol. The lowest BCUT2D eigenvalue weighted by molar-refractivity contribution is -0.305. The first kappa shape index (κ1) is 68.3. The Labute approximate surface area is 451 Å². The molecule has 0 radical (unpaired) electrons. The summed E-state index contributed by atoms with van der Waals surface area (Å²) in [6.45, 7) is 4.28. The van der Waals surface area contributed by atoms with Gasteiger partial charge in [0.1, 0.15) is 30.5 Å². The number of carbonyl (C=O) groups is 1. The number of ether oxygens (including phenoxy) is 4. The Morgan fingerprint density at radius 3 is 1.18 bits per heavy atom. The van der Waals surface area contributed by atoms with E-state index >= 15 is 0 Å². The highest BCUT2D eigenvalue weighted by atomic mass is 16.7. The first-order valence-corrected chi connectivity index (χ1v) is 29.3. The zero-order valence-electron chi connectivity index (χ0n) is 46.5. The fourth-order valence-corrected chi connectivity index (χ4v) is 8.11. The number of aliphatic hydroxyl groups is 4. The molecule has 0 saturated carbocycles. The summed E-state index contributed by atoms with van der Waals surface area (Å²) in [5.41, 5.74) is 0. The van der Waals surface area contributed by atoms with Crippen molar-refractivity contribution in [1.82, 2.24) is 0 Å². The molecule has 0 aromatic heterocycles. The zero-order chi connectivity index (χ0) is 53.5. The summed E-state index contributed by atoms with van der Waals surface area (Å²) in [4.78, 5) is 12.9. The van der Waals surface area contributed by atoms with Gasteiger partial charge < -0.3 is 39.4 Å². The van der Waals surface area contributed by atoms with E-state index in [9.17, 15) is 25.2 Å². The Morgan fingerprint density at radius 2 is 0.784 bits per heavy atom. The normalized spacial score (nSPS) is 19.6. The molecule has 1 aliphatic rings. The van der Waals surface area contributed by atoms with Crippen LogP contribution in [0, 0.1) is 0 Å². The molecule has 0 aliphatic carbocycles. The SMILES string of the molecule is CC/C=C\C/C=C\C/C=C\C/C=C\C/C=C\C/C=C\C/C=C\CCCCCC(=O)OC(COCCCCCCCCCCCCCCC/C=C\C/C=C\C/C=C\C/C=C\CC)COC1OC(CO)C(O)C(O)C1O. The van der Waals surface area contributed by atoms with Gasteiger partial charge in [0.25, 0.3) is 0 Å². The topological polar surface area (TPSA) is 135 Å². The predicted molar refractivity (Wildman–Crippen MR) is 311 cm³/mol. The molecule has 420 valence electrons. The number of rotatable bonds is 49. The van der Waals surface area contributed by atoms with Gasteiger partial charge in [-0.2, -0.15) is 0 Å². The molecule has 9 nitrogen and oxygen atoms in total. The van der Waals surface area contributed by atoms with E-state index in [0.29, 0.717) is 13.0 Å². The molecule has 0 bridgehead atoms. The van der Waals surface area contributed by atoms with Gasteiger partial charge in [-0.1, -0.05) is 225 Å². The standard InChI is InChI=1S/C65H106O9/c1-3-5-7-9-11-13-15-17-19-21-23-25-27-29-31-33-35-37-39-41-43-45-47-49-51-53-55-71-57-59(58-72-65-64(70)63(69)62(68)60(56-66)74-65)73-61(67)54-52-50-48-46-44-42-40-38-36-34-32-30-28-26-24-22-20-18-16-14-12-10-8-6-4-2/h5-8,11-14,17-20,23-26,30,32,36,38,42,44,59-60,62-66,68-70H,3-4,9-10,15-16,21-22,27-29,31,33-35,37,39-41,43,45-58H2,1-2H3/b7-5-,8-6-,13-11-,14-12-,19-17-,20-18-,25-23-,26-24-,32-30-,38-36-,44-42-. The maximum atomic E-state index is 12.9. The lowest BCUT2D eigenvalue weighted by atomic mass is 9.99. The van der Waals surface area contributed by atoms with Crippen molar-refractivity contribution >= 4 is 5.97 Å². The second-order valence-corrected chi connectivity index (χ2v) is 19.3. The number of allylic oxidation sites excluding steroid dienone is 22. The third kappa shape index (κ3) is 43.6. The van der Waals surface area contributed by atoms with Gasteiger partial charge in [0.05, 0.1) is 19.8 Å². The van der Waals surface area contributed by atoms with E-state index < -0.39 is 43.4 Å². The minimum absolute atomic E-state index is 0.121. The molecule has 6 unspecified atom stereocenters. The summed E-state index contributed by atoms with van der Waals surface area (Å²) in [6, 6.07) is 0. The highest BCUT2D eigenvalue weighted by molar-refractivity contribution is 5.69. The van der Waals surface area contributed by atoms with Crippen LogP contribution in [0.4, 0.5) is 0 Å². The maximum Gasteiger partial charge on any atom is 0.306 e. The Hall–Kier alpha value is -3.67. The van der Waals surface area contributed by atoms with Gasteiger partial charge in [-0.15, -0.1) is 0 Å². The molecule has 74 heavy (non-hydrogen) atoms. The lowest BCUT2D eigenvalue weighted by Gasteiger charge is -2.39. The molecule has 0 amide bonds. The first-order chi connectivity index (χ1) is 36.4. The van der Waals surface area contributed by atoms with Crippen LogP contribution in [0.3, 0.4) is 0 Å². The Balaban J connectivity index is 2.20. The summed E-state index contributed by atoms with van der Waals surface area (Å²) in [6.07, 6.45) is 73.5. The molecular formula is C65H106O9. The second-order valence-electron chi connectivity index (χ2n) is 19.3. The number of esters is 1. The van der Waals surface area contributed by atoms with Gasteiger partial charge in [-0.05, 0) is 109 Å². The minimum atomic E-state index is -1.55. The van der Waals surface area contributed by atoms with E-state index in [2.05, 4.69) is 148 Å². The van der Waals surface area contributed by atoms with Crippen molar-refractivity contribution in [3.8, 4) is 0 Å². The molecule has 0 aromatic rings. The van der Waals surface area contributed by atoms with Crippen molar-refractivity contribution in [2.75, 3.05) is 26.4 Å². The highest BCUT2D eigenvalue weighted by Crippen LogP contribution is 2.23. The van der Waals surface area contributed by atoms with E-state index in [1.165, 1.54) is 77.0 Å². The molecule has 1 saturated heterocycles. The predicted octanol–water partition coefficient (Wildman–Crippen LogP) is 15.6. The van der Waals surface area contributed by atoms with Crippen LogP contribution in [0.2, 0.25) is 0 Å². The van der Waals surface area contributed by atoms with Crippen LogP contribution in [-0.4, -0.2) is 89.6 Å². The van der Waals surface area contributed by atoms with Crippen molar-refractivity contribution in [2.45, 2.75) is 243 Å². The highest BCUT2D eigenvalue weighted by Gasteiger charge is 2.44. The largest absolute Gasteiger partial charge is 0.457 e. The number of aliphatic hydroxyl groups excluding tert-OH is 4. The van der Waals surface area contributed by atoms with Crippen LogP contribution in [0.15, 0.2) is 134 Å². The summed E-state index contributed by atoms with van der Waals surface area (Å²) in [5.74, 6) is -0.349. The van der Waals surface area contributed by atoms with Gasteiger partial charge in [-0.25, -0.2) is 0 Å². The Morgan fingerprint density at radius 1 is 0.432 bits per heavy atom. The molecule has 0 spiro atoms. The fraction of sp³-hybridized carbons (Fsp3) is 0.646. The van der Waals surface area contributed by atoms with Crippen molar-refractivity contribution < 1.29 is 44.2 Å². The number of hydrogen-bond acceptors (Lipinski definition) is 9. The molecule has 0 aromatic carbocycles. The van der Waals surface area contributed by atoms with Crippen LogP contribution in [0.25, 0.3) is 0 Å². The smallest absolute Gasteiger partial charge is 0.306 e. The average Bonchev–Trinajstić information content (AvgIpc) is 3.40. The average molecular weight is 1030 g/mol. The van der Waals surface area contributed by atoms with Crippen molar-refractivity contribution in [2.24, 2.45) is 0 Å². The summed E-state index contributed by atoms with van der Waals surface area (Å²) in [5, 5.41) is 40.4. The Bertz CT molecular complexity index is 1600. The zero-order valence-corrected chi connectivity index (χ0v) is 46.5. The van der Waals surface area contributed by atoms with Crippen LogP contribution in [0.5, 0.6) is 0 Å². The third-order valence-corrected chi connectivity index (χ3v) is 12.6. The second kappa shape index (κ2) is 54.1. The van der Waals surface area contributed by atoms with Gasteiger partial charge in [0.2, 0.25) is 0 Å². The molecule has 1 aliphatic heterocycles. The molecule has 1 heterocycles. The molecule has 1 rings (SSSR count). The van der Waals surface area contributed by atoms with Gasteiger partial charge in [0.15, 0.2) is 6.29 Å². The Kier molecular flexibility index (Phi) is 50.0. The molecule has 6 atom stereocenters. The lowest BCUT2D eigenvalue weighted by Crippen LogP contribution is -2.59. The summed E-state index contributed by atoms with van der Waals surface area (Å²) >= 11 is 0. The van der Waals surface area contributed by atoms with Crippen molar-refractivity contribution in [3.05, 3.63) is 134 Å². The summed E-state index contributed by atoms with van der Waals surface area (Å²) in [7, 11) is 0. The number of hydrogen-bond donors (Lipinski definition) is 4. The van der Waals surface area contributed by atoms with E-state index in [-0.39, 0.29) is 25.6 Å². The molecule has 9 heteroatoms. The quantitative estimate of drug-likeness (QED) is 0.0267. The minimum Gasteiger partial charge on any atom is -0.457 e. The molecule has 1 fully saturated rings. The van der Waals surface area contributed by atoms with Crippen molar-refractivity contribution in [3.63, 3.8) is 0 Å². The fourth-order valence-electron chi connectivity index (χ4n) is 8.11. The third-order valence-electron chi connectivity index (χ3n) is 12.6. The van der Waals surface area contributed by atoms with E-state index in [0.717, 1.165) is 103 Å². The van der Waals surface area contributed by atoms with Crippen LogP contribution in [0.1, 0.15) is 206 Å². The number of unbranched alkanes of at least 4 members (excludes halogenated alkanes) is 16. The van der Waals surface area contributed by atoms with E-state index in [4.69, 9.17) is 18.9 Å². The van der Waals surface area contributed by atoms with Crippen LogP contribution >= 0.6 is 0 Å². The van der Waals surface area contributed by atoms with Gasteiger partial charge in [-0.3, -0.25) is 4.79 Å². The maximum absolute atomic E-state index is 12.9. The van der Waals surface area contributed by atoms with Gasteiger partial charge >= 0.3 is 5.97 Å². The first-order valence-electron chi connectivity index (χ1n) is 29.3. The van der Waals surface area contributed by atoms with Crippen LogP contribution in [-0.2, 0) is 23.7 Å². The van der Waals surface area contributed by atoms with Crippen LogP contribution < -0.4 is 0 Å². The van der Waals surface area contributed by atoms with E-state index in [1.54, 1.807) is 0 Å². The number of carbonyl (C=O) groups excluding carboxylic acids is 1.